The smallest absolute Gasteiger partial charge is 0.280 e. The zero-order chi connectivity index (χ0) is 25.1. The summed E-state index contributed by atoms with van der Waals surface area (Å²) in [7, 11) is 1.56. The van der Waals surface area contributed by atoms with E-state index in [1.165, 1.54) is 4.57 Å². The Labute approximate surface area is 203 Å². The number of benzene rings is 2. The second-order valence-corrected chi connectivity index (χ2v) is 8.64. The van der Waals surface area contributed by atoms with Gasteiger partial charge in [-0.1, -0.05) is 23.9 Å². The van der Waals surface area contributed by atoms with Gasteiger partial charge in [0.25, 0.3) is 5.56 Å². The second kappa shape index (κ2) is 10.3. The Balaban J connectivity index is 1.69. The lowest BCUT2D eigenvalue weighted by Gasteiger charge is -2.13. The number of nitrogens with zero attached hydrogens (tertiary/aromatic N) is 4. The molecule has 0 radical (unpaired) electrons. The number of ether oxygens (including phenoxy) is 1. The van der Waals surface area contributed by atoms with Crippen molar-refractivity contribution < 1.29 is 18.3 Å². The number of aryl methyl sites for hydroxylation is 2. The van der Waals surface area contributed by atoms with Crippen LogP contribution in [0.4, 0.5) is 14.5 Å². The van der Waals surface area contributed by atoms with Gasteiger partial charge in [-0.25, -0.2) is 13.8 Å². The van der Waals surface area contributed by atoms with Crippen LogP contribution < -0.4 is 15.6 Å². The number of hydrogen-bond donors (Lipinski definition) is 1. The fraction of sp³-hybridized carbons (Fsp3) is 0.250. The zero-order valence-electron chi connectivity index (χ0n) is 19.3. The topological polar surface area (TPSA) is 91.0 Å². The number of halogens is 2. The van der Waals surface area contributed by atoms with Gasteiger partial charge in [0.15, 0.2) is 10.7 Å². The molecule has 1 N–H and O–H groups in total. The van der Waals surface area contributed by atoms with Crippen LogP contribution in [0.1, 0.15) is 18.2 Å². The Hall–Kier alpha value is -3.73. The summed E-state index contributed by atoms with van der Waals surface area (Å²) in [5.41, 5.74) is 1.69. The first-order valence-corrected chi connectivity index (χ1v) is 11.8. The maximum absolute atomic E-state index is 13.9. The highest BCUT2D eigenvalue weighted by Crippen LogP contribution is 2.23. The Morgan fingerprint density at radius 1 is 1.20 bits per heavy atom. The molecule has 0 saturated heterocycles. The quantitative estimate of drug-likeness (QED) is 0.291. The van der Waals surface area contributed by atoms with Crippen molar-refractivity contribution in [3.05, 3.63) is 75.7 Å². The summed E-state index contributed by atoms with van der Waals surface area (Å²) in [6, 6.07) is 10.1. The molecule has 35 heavy (non-hydrogen) atoms. The molecule has 0 bridgehead atoms. The van der Waals surface area contributed by atoms with E-state index < -0.39 is 17.5 Å². The van der Waals surface area contributed by atoms with Crippen molar-refractivity contribution in [1.82, 2.24) is 19.3 Å². The van der Waals surface area contributed by atoms with Crippen molar-refractivity contribution in [3.63, 3.8) is 0 Å². The predicted octanol–water partition coefficient (Wildman–Crippen LogP) is 3.99. The van der Waals surface area contributed by atoms with E-state index in [1.807, 2.05) is 25.1 Å². The molecule has 1 amide bonds. The number of hydrogen-bond acceptors (Lipinski definition) is 6. The minimum absolute atomic E-state index is 0.174. The number of carbonyl (C=O) groups is 1. The van der Waals surface area contributed by atoms with E-state index in [9.17, 15) is 18.4 Å². The third-order valence-corrected chi connectivity index (χ3v) is 6.27. The Morgan fingerprint density at radius 2 is 2.00 bits per heavy atom. The van der Waals surface area contributed by atoms with E-state index >= 15 is 0 Å². The van der Waals surface area contributed by atoms with Crippen molar-refractivity contribution in [1.29, 1.82) is 0 Å². The molecular formula is C24H23F2N5O3S. The molecule has 0 aliphatic rings. The van der Waals surface area contributed by atoms with Gasteiger partial charge < -0.3 is 10.1 Å². The van der Waals surface area contributed by atoms with Crippen LogP contribution in [-0.2, 0) is 17.9 Å². The summed E-state index contributed by atoms with van der Waals surface area (Å²) in [5, 5.41) is 7.07. The van der Waals surface area contributed by atoms with E-state index in [0.29, 0.717) is 34.2 Å². The monoisotopic (exact) mass is 499 g/mol. The summed E-state index contributed by atoms with van der Waals surface area (Å²) in [6.07, 6.45) is 0. The molecule has 0 spiro atoms. The first kappa shape index (κ1) is 24.4. The molecule has 0 aliphatic carbocycles. The molecule has 2 aromatic heterocycles. The van der Waals surface area contributed by atoms with Gasteiger partial charge in [0, 0.05) is 12.6 Å². The van der Waals surface area contributed by atoms with Gasteiger partial charge >= 0.3 is 0 Å². The highest BCUT2D eigenvalue weighted by molar-refractivity contribution is 7.99. The number of methoxy groups -OCH3 is 1. The standard InChI is InChI=1S/C24H23F2N5O3S/c1-4-31-22-21(14(2)29-31)28-24(30(23(22)33)12-15-6-5-7-17(10-15)34-3)35-13-20(32)27-19-11-16(25)8-9-18(19)26/h5-11H,4,12-13H2,1-3H3,(H,27,32). The molecule has 0 aliphatic heterocycles. The van der Waals surface area contributed by atoms with E-state index in [4.69, 9.17) is 4.74 Å². The van der Waals surface area contributed by atoms with Crippen LogP contribution in [0.3, 0.4) is 0 Å². The lowest BCUT2D eigenvalue weighted by atomic mass is 10.2. The van der Waals surface area contributed by atoms with Crippen molar-refractivity contribution >= 4 is 34.4 Å². The number of carbonyl (C=O) groups excluding carboxylic acids is 1. The number of aromatic nitrogens is 4. The van der Waals surface area contributed by atoms with Crippen LogP contribution in [-0.4, -0.2) is 38.1 Å². The SMILES string of the molecule is CCn1nc(C)c2nc(SCC(=O)Nc3cc(F)ccc3F)n(Cc3cccc(OC)c3)c(=O)c21. The average Bonchev–Trinajstić information content (AvgIpc) is 3.17. The zero-order valence-corrected chi connectivity index (χ0v) is 20.2. The van der Waals surface area contributed by atoms with E-state index in [0.717, 1.165) is 35.5 Å². The third-order valence-electron chi connectivity index (χ3n) is 5.29. The van der Waals surface area contributed by atoms with Crippen LogP contribution >= 0.6 is 11.8 Å². The first-order chi connectivity index (χ1) is 16.8. The van der Waals surface area contributed by atoms with Gasteiger partial charge in [-0.15, -0.1) is 0 Å². The molecule has 11 heteroatoms. The number of fused-ring (bicyclic) bond motifs is 1. The molecule has 4 rings (SSSR count). The molecule has 8 nitrogen and oxygen atoms in total. The minimum atomic E-state index is -0.748. The predicted molar refractivity (Wildman–Crippen MR) is 130 cm³/mol. The molecule has 0 unspecified atom stereocenters. The normalized spacial score (nSPS) is 11.1. The van der Waals surface area contributed by atoms with Crippen molar-refractivity contribution in [2.24, 2.45) is 0 Å². The molecule has 0 fully saturated rings. The van der Waals surface area contributed by atoms with Gasteiger partial charge in [-0.05, 0) is 43.7 Å². The van der Waals surface area contributed by atoms with Crippen LogP contribution in [0, 0.1) is 18.6 Å². The molecule has 0 saturated carbocycles. The molecule has 2 aromatic carbocycles. The fourth-order valence-corrected chi connectivity index (χ4v) is 4.42. The molecule has 0 atom stereocenters. The van der Waals surface area contributed by atoms with Crippen LogP contribution in [0.5, 0.6) is 5.75 Å². The summed E-state index contributed by atoms with van der Waals surface area (Å²) < 4.78 is 35.7. The van der Waals surface area contributed by atoms with Crippen molar-refractivity contribution in [2.75, 3.05) is 18.2 Å². The highest BCUT2D eigenvalue weighted by atomic mass is 32.2. The molecular weight excluding hydrogens is 476 g/mol. The Kier molecular flexibility index (Phi) is 7.15. The number of rotatable bonds is 8. The van der Waals surface area contributed by atoms with E-state index in [2.05, 4.69) is 15.4 Å². The number of thioether (sulfide) groups is 1. The van der Waals surface area contributed by atoms with Gasteiger partial charge in [-0.3, -0.25) is 18.8 Å². The molecule has 182 valence electrons. The van der Waals surface area contributed by atoms with Gasteiger partial charge in [-0.2, -0.15) is 5.10 Å². The summed E-state index contributed by atoms with van der Waals surface area (Å²) in [4.78, 5) is 30.7. The summed E-state index contributed by atoms with van der Waals surface area (Å²) in [5.74, 6) is -1.52. The molecule has 4 aromatic rings. The van der Waals surface area contributed by atoms with E-state index in [1.54, 1.807) is 24.8 Å². The van der Waals surface area contributed by atoms with E-state index in [-0.39, 0.29) is 23.5 Å². The summed E-state index contributed by atoms with van der Waals surface area (Å²) >= 11 is 1.02. The third kappa shape index (κ3) is 5.19. The maximum Gasteiger partial charge on any atom is 0.280 e. The number of nitrogens with one attached hydrogen (secondary N) is 1. The lowest BCUT2D eigenvalue weighted by Crippen LogP contribution is -2.26. The lowest BCUT2D eigenvalue weighted by molar-refractivity contribution is -0.113. The maximum atomic E-state index is 13.9. The fourth-order valence-electron chi connectivity index (χ4n) is 3.63. The minimum Gasteiger partial charge on any atom is -0.497 e. The number of anilines is 1. The largest absolute Gasteiger partial charge is 0.497 e. The summed E-state index contributed by atoms with van der Waals surface area (Å²) in [6.45, 7) is 4.33. The molecule has 2 heterocycles. The average molecular weight is 500 g/mol. The highest BCUT2D eigenvalue weighted by Gasteiger charge is 2.20. The van der Waals surface area contributed by atoms with Crippen LogP contribution in [0.15, 0.2) is 52.4 Å². The van der Waals surface area contributed by atoms with Crippen LogP contribution in [0.2, 0.25) is 0 Å². The second-order valence-electron chi connectivity index (χ2n) is 7.70. The van der Waals surface area contributed by atoms with Crippen molar-refractivity contribution in [3.8, 4) is 5.75 Å². The first-order valence-electron chi connectivity index (χ1n) is 10.8. The van der Waals surface area contributed by atoms with Crippen molar-refractivity contribution in [2.45, 2.75) is 32.1 Å². The van der Waals surface area contributed by atoms with Gasteiger partial charge in [0.05, 0.1) is 30.8 Å². The van der Waals surface area contributed by atoms with Gasteiger partial charge in [0.1, 0.15) is 22.9 Å². The Bertz CT molecular complexity index is 1470. The number of amides is 1. The van der Waals surface area contributed by atoms with Crippen LogP contribution in [0.25, 0.3) is 11.0 Å². The Morgan fingerprint density at radius 3 is 2.74 bits per heavy atom. The van der Waals surface area contributed by atoms with Gasteiger partial charge in [0.2, 0.25) is 5.91 Å².